The summed E-state index contributed by atoms with van der Waals surface area (Å²) in [6.45, 7) is 0. The number of anilines is 1. The topological polar surface area (TPSA) is 77.6 Å². The second-order valence-electron chi connectivity index (χ2n) is 2.07. The summed E-state index contributed by atoms with van der Waals surface area (Å²) < 4.78 is 0. The fraction of sp³-hybridized carbons (Fsp3) is 0. The Morgan fingerprint density at radius 3 is 1.92 bits per heavy atom. The Morgan fingerprint density at radius 2 is 1.69 bits per heavy atom. The number of hydrogen-bond acceptors (Lipinski definition) is 5. The van der Waals surface area contributed by atoms with Crippen LogP contribution in [0.3, 0.4) is 0 Å². The molecule has 0 atom stereocenters. The monoisotopic (exact) mass is 175 g/mol. The minimum Gasteiger partial charge on any atom is -0.384 e. The molecule has 66 valence electrons. The maximum absolute atomic E-state index is 5.25. The molecule has 2 heterocycles. The Kier molecular flexibility index (Phi) is 3.89. The van der Waals surface area contributed by atoms with Gasteiger partial charge in [0.2, 0.25) is 0 Å². The van der Waals surface area contributed by atoms with Gasteiger partial charge in [0.15, 0.2) is 0 Å². The highest BCUT2D eigenvalue weighted by Gasteiger charge is 1.73. The molecule has 0 saturated heterocycles. The van der Waals surface area contributed by atoms with E-state index in [1.165, 1.54) is 0 Å². The highest BCUT2D eigenvalue weighted by molar-refractivity contribution is 5.25. The van der Waals surface area contributed by atoms with Gasteiger partial charge in [0.25, 0.3) is 0 Å². The first-order chi connectivity index (χ1) is 6.39. The molecule has 13 heavy (non-hydrogen) atoms. The van der Waals surface area contributed by atoms with Gasteiger partial charge >= 0.3 is 0 Å². The highest BCUT2D eigenvalue weighted by Crippen LogP contribution is 1.89. The van der Waals surface area contributed by atoms with Gasteiger partial charge in [-0.3, -0.25) is 0 Å². The summed E-state index contributed by atoms with van der Waals surface area (Å²) in [5.41, 5.74) is 5.25. The van der Waals surface area contributed by atoms with E-state index in [-0.39, 0.29) is 0 Å². The summed E-state index contributed by atoms with van der Waals surface area (Å²) in [5.74, 6) is 0.572. The zero-order chi connectivity index (χ0) is 9.36. The van der Waals surface area contributed by atoms with Crippen LogP contribution >= 0.6 is 0 Å². The fourth-order valence-corrected chi connectivity index (χ4v) is 0.581. The number of nitrogens with zero attached hydrogens (tertiary/aromatic N) is 4. The highest BCUT2D eigenvalue weighted by atomic mass is 15.3. The Morgan fingerprint density at radius 1 is 0.923 bits per heavy atom. The van der Waals surface area contributed by atoms with Crippen molar-refractivity contribution in [3.63, 3.8) is 0 Å². The molecule has 2 N–H and O–H groups in total. The van der Waals surface area contributed by atoms with Crippen LogP contribution in [0.4, 0.5) is 5.82 Å². The number of pyridine rings is 1. The molecule has 0 fully saturated rings. The van der Waals surface area contributed by atoms with E-state index in [2.05, 4.69) is 20.4 Å². The van der Waals surface area contributed by atoms with Gasteiger partial charge in [-0.25, -0.2) is 4.98 Å². The van der Waals surface area contributed by atoms with Crippen molar-refractivity contribution in [2.45, 2.75) is 0 Å². The second-order valence-corrected chi connectivity index (χ2v) is 2.07. The maximum Gasteiger partial charge on any atom is 0.123 e. The van der Waals surface area contributed by atoms with Crippen LogP contribution in [-0.4, -0.2) is 20.4 Å². The predicted octanol–water partition coefficient (Wildman–Crippen LogP) is 0.535. The Labute approximate surface area is 75.6 Å². The van der Waals surface area contributed by atoms with Crippen molar-refractivity contribution in [1.82, 2.24) is 20.4 Å². The van der Waals surface area contributed by atoms with Crippen molar-refractivity contribution in [1.29, 1.82) is 0 Å². The smallest absolute Gasteiger partial charge is 0.123 e. The first-order valence-corrected chi connectivity index (χ1v) is 3.64. The summed E-state index contributed by atoms with van der Waals surface area (Å²) in [6.07, 6.45) is 4.81. The van der Waals surface area contributed by atoms with E-state index in [0.29, 0.717) is 5.82 Å². The minimum atomic E-state index is 0.572. The molecule has 0 aliphatic rings. The SMILES string of the molecule is Nc1ccccn1.c1cnnnc1. The third-order valence-electron chi connectivity index (χ3n) is 1.10. The molecule has 0 aliphatic heterocycles. The Bertz CT molecular complexity index is 283. The van der Waals surface area contributed by atoms with E-state index < -0.39 is 0 Å². The zero-order valence-electron chi connectivity index (χ0n) is 6.91. The van der Waals surface area contributed by atoms with E-state index in [1.54, 1.807) is 30.7 Å². The van der Waals surface area contributed by atoms with Gasteiger partial charge in [-0.2, -0.15) is 0 Å². The molecule has 0 amide bonds. The third-order valence-corrected chi connectivity index (χ3v) is 1.10. The van der Waals surface area contributed by atoms with Gasteiger partial charge in [-0.1, -0.05) is 6.07 Å². The number of hydrogen-bond donors (Lipinski definition) is 1. The second kappa shape index (κ2) is 5.59. The van der Waals surface area contributed by atoms with Crippen molar-refractivity contribution in [3.8, 4) is 0 Å². The number of nitrogens with two attached hydrogens (primary N) is 1. The van der Waals surface area contributed by atoms with Crippen LogP contribution in [0, 0.1) is 0 Å². The van der Waals surface area contributed by atoms with E-state index in [4.69, 9.17) is 5.73 Å². The molecule has 0 bridgehead atoms. The molecule has 2 aromatic heterocycles. The fourth-order valence-electron chi connectivity index (χ4n) is 0.581. The lowest BCUT2D eigenvalue weighted by molar-refractivity contribution is 0.865. The van der Waals surface area contributed by atoms with E-state index in [0.717, 1.165) is 0 Å². The average molecular weight is 175 g/mol. The number of rotatable bonds is 0. The van der Waals surface area contributed by atoms with Gasteiger partial charge in [0, 0.05) is 6.20 Å². The third kappa shape index (κ3) is 4.41. The van der Waals surface area contributed by atoms with E-state index in [9.17, 15) is 0 Å². The van der Waals surface area contributed by atoms with Crippen LogP contribution in [-0.2, 0) is 0 Å². The molecule has 2 aromatic rings. The summed E-state index contributed by atoms with van der Waals surface area (Å²) in [7, 11) is 0. The number of nitrogen functional groups attached to an aromatic ring is 1. The molecular weight excluding hydrogens is 166 g/mol. The average Bonchev–Trinajstić information content (AvgIpc) is 2.22. The van der Waals surface area contributed by atoms with Crippen LogP contribution in [0.25, 0.3) is 0 Å². The first kappa shape index (κ1) is 9.05. The molecule has 5 nitrogen and oxygen atoms in total. The van der Waals surface area contributed by atoms with Gasteiger partial charge in [0.05, 0.1) is 12.4 Å². The molecule has 2 rings (SSSR count). The van der Waals surface area contributed by atoms with Crippen LogP contribution in [0.5, 0.6) is 0 Å². The molecule has 0 saturated carbocycles. The Hall–Kier alpha value is -2.04. The van der Waals surface area contributed by atoms with Crippen molar-refractivity contribution in [2.24, 2.45) is 0 Å². The van der Waals surface area contributed by atoms with Crippen molar-refractivity contribution >= 4 is 5.82 Å². The summed E-state index contributed by atoms with van der Waals surface area (Å²) in [6, 6.07) is 7.14. The van der Waals surface area contributed by atoms with Gasteiger partial charge in [-0.15, -0.1) is 10.2 Å². The molecule has 0 aromatic carbocycles. The van der Waals surface area contributed by atoms with Crippen molar-refractivity contribution in [3.05, 3.63) is 42.9 Å². The van der Waals surface area contributed by atoms with Crippen molar-refractivity contribution in [2.75, 3.05) is 5.73 Å². The molecule has 0 radical (unpaired) electrons. The maximum atomic E-state index is 5.25. The molecule has 0 unspecified atom stereocenters. The lowest BCUT2D eigenvalue weighted by Gasteiger charge is -1.82. The van der Waals surface area contributed by atoms with Crippen LogP contribution < -0.4 is 5.73 Å². The standard InChI is InChI=1S/C5H6N2.C3H3N3/c6-5-3-1-2-4-7-5;1-2-4-6-5-3-1/h1-4H,(H2,6,7);1-3H. The predicted molar refractivity (Wildman–Crippen MR) is 48.5 cm³/mol. The normalized spacial score (nSPS) is 8.31. The first-order valence-electron chi connectivity index (χ1n) is 3.64. The summed E-state index contributed by atoms with van der Waals surface area (Å²) >= 11 is 0. The largest absolute Gasteiger partial charge is 0.384 e. The van der Waals surface area contributed by atoms with Crippen LogP contribution in [0.2, 0.25) is 0 Å². The summed E-state index contributed by atoms with van der Waals surface area (Å²) in [5, 5.41) is 10.1. The van der Waals surface area contributed by atoms with Gasteiger partial charge in [0.1, 0.15) is 5.82 Å². The van der Waals surface area contributed by atoms with E-state index in [1.807, 2.05) is 12.1 Å². The number of aromatic nitrogens is 4. The van der Waals surface area contributed by atoms with Gasteiger partial charge < -0.3 is 5.73 Å². The molecular formula is C8H9N5. The van der Waals surface area contributed by atoms with Crippen LogP contribution in [0.15, 0.2) is 42.9 Å². The lowest BCUT2D eigenvalue weighted by Crippen LogP contribution is -1.85. The zero-order valence-corrected chi connectivity index (χ0v) is 6.91. The quantitative estimate of drug-likeness (QED) is 0.632. The van der Waals surface area contributed by atoms with E-state index >= 15 is 0 Å². The van der Waals surface area contributed by atoms with Gasteiger partial charge in [-0.05, 0) is 23.4 Å². The molecule has 0 aliphatic carbocycles. The van der Waals surface area contributed by atoms with Crippen LogP contribution in [0.1, 0.15) is 0 Å². The van der Waals surface area contributed by atoms with Crippen molar-refractivity contribution < 1.29 is 0 Å². The molecule has 0 spiro atoms. The Balaban J connectivity index is 0.000000132. The molecule has 5 heteroatoms. The minimum absolute atomic E-state index is 0.572. The lowest BCUT2D eigenvalue weighted by atomic mass is 10.5. The summed E-state index contributed by atoms with van der Waals surface area (Å²) in [4.78, 5) is 3.76.